The molecular weight excluding hydrogens is 418 g/mol. The molecule has 2 aromatic rings. The molecule has 2 rings (SSSR count). The molecule has 0 aliphatic heterocycles. The molecule has 0 radical (unpaired) electrons. The van der Waals surface area contributed by atoms with E-state index in [9.17, 15) is 18.0 Å². The van der Waals surface area contributed by atoms with Crippen LogP contribution >= 0.6 is 0 Å². The van der Waals surface area contributed by atoms with Gasteiger partial charge in [-0.05, 0) is 50.2 Å². The molecule has 0 atom stereocenters. The van der Waals surface area contributed by atoms with Crippen molar-refractivity contribution in [2.75, 3.05) is 38.6 Å². The predicted molar refractivity (Wildman–Crippen MR) is 120 cm³/mol. The molecule has 2 amide bonds. The molecule has 0 aliphatic carbocycles. The number of amides is 2. The monoisotopic (exact) mass is 447 g/mol. The van der Waals surface area contributed by atoms with Crippen molar-refractivity contribution in [3.63, 3.8) is 0 Å². The van der Waals surface area contributed by atoms with Crippen molar-refractivity contribution < 1.29 is 22.7 Å². The fourth-order valence-corrected chi connectivity index (χ4v) is 4.45. The Balaban J connectivity index is 2.14. The Morgan fingerprint density at radius 1 is 0.968 bits per heavy atom. The summed E-state index contributed by atoms with van der Waals surface area (Å²) in [7, 11) is -2.38. The number of hydrogen-bond acceptors (Lipinski definition) is 5. The maximum Gasteiger partial charge on any atom is 0.253 e. The molecule has 0 aliphatic rings. The summed E-state index contributed by atoms with van der Waals surface area (Å²) in [5.41, 5.74) is 0.929. The van der Waals surface area contributed by atoms with Crippen LogP contribution in [0.4, 0.5) is 5.69 Å². The van der Waals surface area contributed by atoms with Crippen molar-refractivity contribution in [3.8, 4) is 5.75 Å². The van der Waals surface area contributed by atoms with Crippen LogP contribution in [-0.2, 0) is 14.8 Å². The Morgan fingerprint density at radius 2 is 1.61 bits per heavy atom. The number of nitrogens with zero attached hydrogens (tertiary/aromatic N) is 2. The van der Waals surface area contributed by atoms with Gasteiger partial charge in [0.25, 0.3) is 5.91 Å². The summed E-state index contributed by atoms with van der Waals surface area (Å²) in [5.74, 6) is -0.0388. The van der Waals surface area contributed by atoms with Crippen molar-refractivity contribution in [3.05, 3.63) is 54.1 Å². The maximum absolute atomic E-state index is 13.0. The van der Waals surface area contributed by atoms with Gasteiger partial charge in [0.1, 0.15) is 5.75 Å². The molecule has 0 heterocycles. The fourth-order valence-electron chi connectivity index (χ4n) is 3.04. The van der Waals surface area contributed by atoms with Gasteiger partial charge in [-0.3, -0.25) is 9.59 Å². The minimum atomic E-state index is -3.90. The number of ether oxygens (including phenoxy) is 1. The Morgan fingerprint density at radius 3 is 2.16 bits per heavy atom. The Labute approximate surface area is 183 Å². The lowest BCUT2D eigenvalue weighted by Crippen LogP contribution is -2.37. The van der Waals surface area contributed by atoms with Crippen molar-refractivity contribution >= 4 is 27.5 Å². The molecule has 8 nitrogen and oxygen atoms in total. The maximum atomic E-state index is 13.0. The van der Waals surface area contributed by atoms with Crippen molar-refractivity contribution in [1.29, 1.82) is 0 Å². The first-order valence-corrected chi connectivity index (χ1v) is 11.5. The number of carbonyl (C=O) groups excluding carboxylic acids is 2. The van der Waals surface area contributed by atoms with Gasteiger partial charge >= 0.3 is 0 Å². The molecular formula is C22H29N3O5S. The number of hydrogen-bond donors (Lipinski definition) is 1. The average molecular weight is 448 g/mol. The highest BCUT2D eigenvalue weighted by molar-refractivity contribution is 7.89. The Hall–Kier alpha value is -2.91. The smallest absolute Gasteiger partial charge is 0.253 e. The zero-order valence-corrected chi connectivity index (χ0v) is 19.1. The summed E-state index contributed by atoms with van der Waals surface area (Å²) in [5, 5.41) is 2.68. The summed E-state index contributed by atoms with van der Waals surface area (Å²) in [6, 6.07) is 12.6. The molecule has 0 fully saturated rings. The molecule has 31 heavy (non-hydrogen) atoms. The van der Waals surface area contributed by atoms with Crippen LogP contribution in [-0.4, -0.2) is 62.7 Å². The zero-order valence-electron chi connectivity index (χ0n) is 18.3. The van der Waals surface area contributed by atoms with E-state index in [4.69, 9.17) is 4.74 Å². The van der Waals surface area contributed by atoms with E-state index in [1.807, 2.05) is 13.8 Å². The number of anilines is 1. The number of nitrogens with one attached hydrogen (secondary N) is 1. The van der Waals surface area contributed by atoms with Crippen LogP contribution < -0.4 is 10.1 Å². The molecule has 0 spiro atoms. The van der Waals surface area contributed by atoms with E-state index in [-0.39, 0.29) is 23.9 Å². The van der Waals surface area contributed by atoms with E-state index in [0.717, 1.165) is 4.31 Å². The molecule has 0 saturated heterocycles. The second-order valence-corrected chi connectivity index (χ2v) is 8.65. The fraction of sp³-hybridized carbons (Fsp3) is 0.364. The molecule has 0 bridgehead atoms. The van der Waals surface area contributed by atoms with Gasteiger partial charge in [0.2, 0.25) is 15.9 Å². The highest BCUT2D eigenvalue weighted by Crippen LogP contribution is 2.19. The third kappa shape index (κ3) is 6.05. The second-order valence-electron chi connectivity index (χ2n) is 6.71. The summed E-state index contributed by atoms with van der Waals surface area (Å²) in [4.78, 5) is 26.5. The van der Waals surface area contributed by atoms with Crippen molar-refractivity contribution in [2.45, 2.75) is 25.7 Å². The highest BCUT2D eigenvalue weighted by atomic mass is 32.2. The SMILES string of the molecule is CCN(CC)C(=O)c1ccc(S(=O)(=O)N(CC)CC(=O)Nc2cccc(OC)c2)cc1. The van der Waals surface area contributed by atoms with Gasteiger partial charge in [-0.15, -0.1) is 0 Å². The third-order valence-electron chi connectivity index (χ3n) is 4.82. The highest BCUT2D eigenvalue weighted by Gasteiger charge is 2.26. The molecule has 9 heteroatoms. The molecule has 168 valence electrons. The average Bonchev–Trinajstić information content (AvgIpc) is 2.78. The lowest BCUT2D eigenvalue weighted by atomic mass is 10.2. The molecule has 0 unspecified atom stereocenters. The van der Waals surface area contributed by atoms with E-state index in [2.05, 4.69) is 5.32 Å². The van der Waals surface area contributed by atoms with E-state index in [0.29, 0.717) is 30.1 Å². The standard InChI is InChI=1S/C22H29N3O5S/c1-5-24(6-2)22(27)17-11-13-20(14-12-17)31(28,29)25(7-3)16-21(26)23-18-9-8-10-19(15-18)30-4/h8-15H,5-7,16H2,1-4H3,(H,23,26). The minimum Gasteiger partial charge on any atom is -0.497 e. The first-order chi connectivity index (χ1) is 14.8. The first kappa shape index (κ1) is 24.4. The lowest BCUT2D eigenvalue weighted by Gasteiger charge is -2.21. The second kappa shape index (κ2) is 10.9. The summed E-state index contributed by atoms with van der Waals surface area (Å²) < 4.78 is 32.2. The van der Waals surface area contributed by atoms with E-state index < -0.39 is 15.9 Å². The van der Waals surface area contributed by atoms with Crippen LogP contribution in [0.1, 0.15) is 31.1 Å². The van der Waals surface area contributed by atoms with Gasteiger partial charge in [0, 0.05) is 37.0 Å². The van der Waals surface area contributed by atoms with Gasteiger partial charge in [0.05, 0.1) is 18.6 Å². The normalized spacial score (nSPS) is 11.3. The van der Waals surface area contributed by atoms with Gasteiger partial charge in [-0.1, -0.05) is 13.0 Å². The number of likely N-dealkylation sites (N-methyl/N-ethyl adjacent to an activating group) is 1. The van der Waals surface area contributed by atoms with E-state index in [1.54, 1.807) is 36.1 Å². The quantitative estimate of drug-likeness (QED) is 0.604. The molecule has 0 aromatic heterocycles. The number of carbonyl (C=O) groups is 2. The largest absolute Gasteiger partial charge is 0.497 e. The van der Waals surface area contributed by atoms with Crippen LogP contribution in [0.5, 0.6) is 5.75 Å². The Kier molecular flexibility index (Phi) is 8.58. The molecule has 0 saturated carbocycles. The van der Waals surface area contributed by atoms with Gasteiger partial charge in [0.15, 0.2) is 0 Å². The van der Waals surface area contributed by atoms with E-state index >= 15 is 0 Å². The van der Waals surface area contributed by atoms with Crippen LogP contribution in [0.2, 0.25) is 0 Å². The molecule has 2 aromatic carbocycles. The topological polar surface area (TPSA) is 96.0 Å². The number of methoxy groups -OCH3 is 1. The van der Waals surface area contributed by atoms with Crippen LogP contribution in [0.25, 0.3) is 0 Å². The van der Waals surface area contributed by atoms with Crippen LogP contribution in [0.3, 0.4) is 0 Å². The van der Waals surface area contributed by atoms with Gasteiger partial charge in [-0.25, -0.2) is 8.42 Å². The first-order valence-electron chi connectivity index (χ1n) is 10.1. The number of benzene rings is 2. The van der Waals surface area contributed by atoms with Crippen molar-refractivity contribution in [2.24, 2.45) is 0 Å². The van der Waals surface area contributed by atoms with E-state index in [1.165, 1.54) is 31.4 Å². The number of rotatable bonds is 10. The zero-order chi connectivity index (χ0) is 23.0. The van der Waals surface area contributed by atoms with Crippen LogP contribution in [0, 0.1) is 0 Å². The number of sulfonamides is 1. The Bertz CT molecular complexity index is 1000. The predicted octanol–water partition coefficient (Wildman–Crippen LogP) is 2.83. The van der Waals surface area contributed by atoms with Gasteiger partial charge < -0.3 is 15.0 Å². The summed E-state index contributed by atoms with van der Waals surface area (Å²) in [6.07, 6.45) is 0. The summed E-state index contributed by atoms with van der Waals surface area (Å²) in [6.45, 7) is 6.35. The third-order valence-corrected chi connectivity index (χ3v) is 6.75. The summed E-state index contributed by atoms with van der Waals surface area (Å²) >= 11 is 0. The minimum absolute atomic E-state index is 0.0274. The van der Waals surface area contributed by atoms with Crippen LogP contribution in [0.15, 0.2) is 53.4 Å². The lowest BCUT2D eigenvalue weighted by molar-refractivity contribution is -0.116. The molecule has 1 N–H and O–H groups in total. The van der Waals surface area contributed by atoms with Gasteiger partial charge in [-0.2, -0.15) is 4.31 Å². The van der Waals surface area contributed by atoms with Crippen molar-refractivity contribution in [1.82, 2.24) is 9.21 Å².